The molecule has 7 nitrogen and oxygen atoms in total. The standard InChI is InChI=1S/C19H23B3ClN3O4S2.C2H6/c1-32(27,28)7-6-26-11-13(9-24-26)10-25-4-2-18(3-5-25)17-14(8-16(23)31-17)15(12-29-18)30-19(20,21)22;1-2/h8-9,11,15H,2-7,10,12H2,1H3;1-2H3. The van der Waals surface area contributed by atoms with Crippen LogP contribution in [0.2, 0.25) is 4.34 Å². The molecule has 0 aliphatic carbocycles. The second-order valence-electron chi connectivity index (χ2n) is 8.62. The van der Waals surface area contributed by atoms with Crippen LogP contribution in [0.4, 0.5) is 0 Å². The number of ether oxygens (including phenoxy) is 2. The zero-order valence-electron chi connectivity index (χ0n) is 19.9. The third kappa shape index (κ3) is 7.14. The Labute approximate surface area is 215 Å². The monoisotopic (exact) mass is 519 g/mol. The third-order valence-electron chi connectivity index (χ3n) is 5.80. The first-order valence-corrected chi connectivity index (χ1v) is 14.6. The number of aromatic nitrogens is 2. The van der Waals surface area contributed by atoms with Crippen LogP contribution in [0.5, 0.6) is 0 Å². The number of rotatable bonds is 7. The fourth-order valence-corrected chi connectivity index (χ4v) is 6.28. The summed E-state index contributed by atoms with van der Waals surface area (Å²) in [7, 11) is 13.9. The van der Waals surface area contributed by atoms with Gasteiger partial charge in [0.1, 0.15) is 21.5 Å². The SMILES string of the molecule is CC.[B]C([B])([B])OC1COC2(CCN(Cc3cnn(CCS(C)(=O)=O)c3)CC2)c2sc(Cl)cc21. The molecule has 4 rings (SSSR count). The Balaban J connectivity index is 0.00000158. The maximum absolute atomic E-state index is 11.4. The number of sulfone groups is 1. The van der Waals surface area contributed by atoms with Crippen LogP contribution in [0.3, 0.4) is 0 Å². The summed E-state index contributed by atoms with van der Waals surface area (Å²) in [5.41, 5.74) is 1.58. The molecule has 4 heterocycles. The van der Waals surface area contributed by atoms with Gasteiger partial charge in [0, 0.05) is 48.1 Å². The van der Waals surface area contributed by atoms with Gasteiger partial charge in [0.2, 0.25) is 0 Å². The number of fused-ring (bicyclic) bond motifs is 2. The molecule has 1 spiro atoms. The number of halogens is 1. The summed E-state index contributed by atoms with van der Waals surface area (Å²) in [5, 5.41) is 2.53. The van der Waals surface area contributed by atoms with Crippen LogP contribution in [0.15, 0.2) is 18.5 Å². The van der Waals surface area contributed by atoms with Crippen LogP contribution in [-0.2, 0) is 38.0 Å². The molecule has 0 N–H and O–H groups in total. The van der Waals surface area contributed by atoms with E-state index in [1.165, 1.54) is 17.6 Å². The highest BCUT2D eigenvalue weighted by Crippen LogP contribution is 2.50. The lowest BCUT2D eigenvalue weighted by molar-refractivity contribution is -0.143. The summed E-state index contributed by atoms with van der Waals surface area (Å²) in [6, 6.07) is 1.89. The van der Waals surface area contributed by atoms with Crippen molar-refractivity contribution in [1.29, 1.82) is 0 Å². The fourth-order valence-electron chi connectivity index (χ4n) is 4.27. The van der Waals surface area contributed by atoms with Gasteiger partial charge in [0.15, 0.2) is 0 Å². The number of likely N-dealkylation sites (tertiary alicyclic amines) is 1. The lowest BCUT2D eigenvalue weighted by atomic mass is 9.52. The number of nitrogens with zero attached hydrogens (tertiary/aromatic N) is 3. The Bertz CT molecular complexity index is 1060. The minimum atomic E-state index is -3.02. The van der Waals surface area contributed by atoms with Gasteiger partial charge in [0.05, 0.1) is 53.0 Å². The predicted molar refractivity (Wildman–Crippen MR) is 139 cm³/mol. The Morgan fingerprint density at radius 2 is 2.00 bits per heavy atom. The van der Waals surface area contributed by atoms with E-state index < -0.39 is 26.8 Å². The van der Waals surface area contributed by atoms with Gasteiger partial charge in [-0.1, -0.05) is 25.4 Å². The Hall–Kier alpha value is -0.775. The van der Waals surface area contributed by atoms with Gasteiger partial charge in [-0.25, -0.2) is 8.42 Å². The minimum Gasteiger partial charge on any atom is -0.392 e. The second kappa shape index (κ2) is 11.1. The van der Waals surface area contributed by atoms with Crippen LogP contribution >= 0.6 is 22.9 Å². The van der Waals surface area contributed by atoms with E-state index in [2.05, 4.69) is 10.00 Å². The molecular formula is C21H29B3ClN3O4S2. The normalized spacial score (nSPS) is 20.5. The van der Waals surface area contributed by atoms with Crippen molar-refractivity contribution >= 4 is 56.3 Å². The summed E-state index contributed by atoms with van der Waals surface area (Å²) in [4.78, 5) is 3.39. The largest absolute Gasteiger partial charge is 0.392 e. The van der Waals surface area contributed by atoms with Crippen LogP contribution in [0.1, 0.15) is 48.8 Å². The zero-order valence-corrected chi connectivity index (χ0v) is 22.3. The number of hydrogen-bond donors (Lipinski definition) is 0. The third-order valence-corrected chi connectivity index (χ3v) is 8.19. The Morgan fingerprint density at radius 1 is 1.32 bits per heavy atom. The highest BCUT2D eigenvalue weighted by atomic mass is 35.5. The van der Waals surface area contributed by atoms with Crippen LogP contribution in [0, 0.1) is 0 Å². The van der Waals surface area contributed by atoms with E-state index in [0.29, 0.717) is 17.5 Å². The van der Waals surface area contributed by atoms with Gasteiger partial charge >= 0.3 is 0 Å². The quantitative estimate of drug-likeness (QED) is 0.523. The molecule has 0 saturated carbocycles. The lowest BCUT2D eigenvalue weighted by Gasteiger charge is -2.46. The van der Waals surface area contributed by atoms with Crippen molar-refractivity contribution in [3.05, 3.63) is 38.8 Å². The molecule has 2 aliphatic heterocycles. The molecule has 0 bridgehead atoms. The van der Waals surface area contributed by atoms with Crippen molar-refractivity contribution in [3.63, 3.8) is 0 Å². The summed E-state index contributed by atoms with van der Waals surface area (Å²) < 4.78 is 37.0. The molecule has 34 heavy (non-hydrogen) atoms. The van der Waals surface area contributed by atoms with Crippen LogP contribution in [-0.4, -0.2) is 83.6 Å². The first-order chi connectivity index (χ1) is 15.9. The van der Waals surface area contributed by atoms with Crippen molar-refractivity contribution < 1.29 is 17.9 Å². The minimum absolute atomic E-state index is 0.0771. The Morgan fingerprint density at radius 3 is 2.62 bits per heavy atom. The molecule has 1 fully saturated rings. The molecular weight excluding hydrogens is 490 g/mol. The van der Waals surface area contributed by atoms with Crippen molar-refractivity contribution in [2.45, 2.75) is 56.8 Å². The summed E-state index contributed by atoms with van der Waals surface area (Å²) in [5.74, 6) is 0.0771. The molecule has 2 aromatic rings. The maximum atomic E-state index is 11.4. The van der Waals surface area contributed by atoms with E-state index in [1.807, 2.05) is 26.1 Å². The number of thiophene rings is 1. The van der Waals surface area contributed by atoms with E-state index in [1.54, 1.807) is 10.9 Å². The molecule has 180 valence electrons. The van der Waals surface area contributed by atoms with Gasteiger partial charge in [0.25, 0.3) is 0 Å². The number of piperidine rings is 1. The predicted octanol–water partition coefficient (Wildman–Crippen LogP) is 2.36. The highest BCUT2D eigenvalue weighted by molar-refractivity contribution is 7.90. The van der Waals surface area contributed by atoms with Crippen molar-refractivity contribution in [2.24, 2.45) is 0 Å². The lowest BCUT2D eigenvalue weighted by Crippen LogP contribution is -2.47. The van der Waals surface area contributed by atoms with Gasteiger partial charge in [-0.2, -0.15) is 5.10 Å². The molecule has 0 aromatic carbocycles. The van der Waals surface area contributed by atoms with Crippen molar-refractivity contribution in [3.8, 4) is 0 Å². The van der Waals surface area contributed by atoms with E-state index in [-0.39, 0.29) is 5.75 Å². The Kier molecular flexibility index (Phi) is 9.07. The highest BCUT2D eigenvalue weighted by Gasteiger charge is 2.45. The van der Waals surface area contributed by atoms with E-state index >= 15 is 0 Å². The van der Waals surface area contributed by atoms with Crippen LogP contribution in [0.25, 0.3) is 0 Å². The summed E-state index contributed by atoms with van der Waals surface area (Å²) >= 11 is 7.84. The topological polar surface area (TPSA) is 73.7 Å². The van der Waals surface area contributed by atoms with Gasteiger partial charge in [-0.05, 0) is 24.2 Å². The second-order valence-corrected chi connectivity index (χ2v) is 12.6. The van der Waals surface area contributed by atoms with Gasteiger partial charge in [-0.3, -0.25) is 9.58 Å². The first kappa shape index (κ1) is 27.8. The smallest absolute Gasteiger partial charge is 0.149 e. The molecule has 13 heteroatoms. The van der Waals surface area contributed by atoms with Gasteiger partial charge < -0.3 is 9.47 Å². The maximum Gasteiger partial charge on any atom is 0.149 e. The van der Waals surface area contributed by atoms with E-state index in [4.69, 9.17) is 44.6 Å². The van der Waals surface area contributed by atoms with Crippen LogP contribution < -0.4 is 0 Å². The first-order valence-electron chi connectivity index (χ1n) is 11.3. The number of hydrogen-bond acceptors (Lipinski definition) is 7. The van der Waals surface area contributed by atoms with Gasteiger partial charge in [-0.15, -0.1) is 11.3 Å². The average molecular weight is 520 g/mol. The molecule has 2 aromatic heterocycles. The molecule has 1 atom stereocenters. The van der Waals surface area contributed by atoms with Crippen molar-refractivity contribution in [2.75, 3.05) is 31.7 Å². The molecule has 1 unspecified atom stereocenters. The number of aryl methyl sites for hydroxylation is 1. The summed E-state index contributed by atoms with van der Waals surface area (Å²) in [6.07, 6.45) is 6.09. The molecule has 6 radical (unpaired) electrons. The van der Waals surface area contributed by atoms with E-state index in [0.717, 1.165) is 48.5 Å². The summed E-state index contributed by atoms with van der Waals surface area (Å²) in [6.45, 7) is 7.08. The zero-order chi connectivity index (χ0) is 25.1. The fraction of sp³-hybridized carbons (Fsp3) is 0.667. The van der Waals surface area contributed by atoms with E-state index in [9.17, 15) is 8.42 Å². The van der Waals surface area contributed by atoms with Crippen molar-refractivity contribution in [1.82, 2.24) is 14.7 Å². The molecule has 1 saturated heterocycles. The average Bonchev–Trinajstić information content (AvgIpc) is 3.37. The molecule has 0 amide bonds. The molecule has 2 aliphatic rings.